The Morgan fingerprint density at radius 3 is 1.88 bits per heavy atom. The minimum absolute atomic E-state index is 0.0605. The summed E-state index contributed by atoms with van der Waals surface area (Å²) in [5, 5.41) is 0. The Labute approximate surface area is 152 Å². The zero-order valence-corrected chi connectivity index (χ0v) is 14.4. The van der Waals surface area contributed by atoms with E-state index in [0.29, 0.717) is 16.9 Å². The van der Waals surface area contributed by atoms with Gasteiger partial charge in [-0.05, 0) is 29.3 Å². The topological polar surface area (TPSA) is 43.4 Å². The molecule has 0 spiro atoms. The van der Waals surface area contributed by atoms with Gasteiger partial charge >= 0.3 is 5.97 Å². The third kappa shape index (κ3) is 4.33. The summed E-state index contributed by atoms with van der Waals surface area (Å²) in [6.45, 7) is 1.35. The molecule has 0 aliphatic carbocycles. The van der Waals surface area contributed by atoms with Gasteiger partial charge in [0.25, 0.3) is 0 Å². The molecule has 128 valence electrons. The first-order chi connectivity index (χ1) is 12.6. The van der Waals surface area contributed by atoms with Gasteiger partial charge in [0.05, 0.1) is 0 Å². The highest BCUT2D eigenvalue weighted by molar-refractivity contribution is 6.32. The molecule has 0 bridgehead atoms. The average Bonchev–Trinajstić information content (AvgIpc) is 2.67. The molecule has 3 rings (SSSR count). The van der Waals surface area contributed by atoms with E-state index in [1.54, 1.807) is 36.4 Å². The van der Waals surface area contributed by atoms with E-state index in [1.165, 1.54) is 6.92 Å². The van der Waals surface area contributed by atoms with Crippen LogP contribution in [-0.4, -0.2) is 11.8 Å². The number of ketones is 1. The molecule has 3 nitrogen and oxygen atoms in total. The molecule has 3 aromatic rings. The number of hydrogen-bond donors (Lipinski definition) is 0. The van der Waals surface area contributed by atoms with Gasteiger partial charge in [0.15, 0.2) is 5.78 Å². The Morgan fingerprint density at radius 1 is 0.731 bits per heavy atom. The van der Waals surface area contributed by atoms with Crippen molar-refractivity contribution in [1.82, 2.24) is 0 Å². The number of ether oxygens (including phenoxy) is 1. The highest BCUT2D eigenvalue weighted by Crippen LogP contribution is 2.25. The summed E-state index contributed by atoms with van der Waals surface area (Å²) < 4.78 is 5.07. The van der Waals surface area contributed by atoms with Crippen LogP contribution in [0.1, 0.15) is 28.4 Å². The predicted molar refractivity (Wildman–Crippen MR) is 103 cm³/mol. The molecule has 0 aliphatic rings. The van der Waals surface area contributed by atoms with Crippen LogP contribution in [0, 0.1) is 0 Å². The molecule has 0 atom stereocenters. The zero-order chi connectivity index (χ0) is 18.4. The fourth-order valence-corrected chi connectivity index (χ4v) is 2.61. The number of carbonyl (C=O) groups is 2. The maximum absolute atomic E-state index is 13.1. The van der Waals surface area contributed by atoms with Crippen LogP contribution in [0.25, 0.3) is 11.6 Å². The summed E-state index contributed by atoms with van der Waals surface area (Å²) in [5.74, 6) is 0.0142. The molecule has 0 unspecified atom stereocenters. The van der Waals surface area contributed by atoms with E-state index < -0.39 is 0 Å². The van der Waals surface area contributed by atoms with Gasteiger partial charge in [0.2, 0.25) is 0 Å². The number of benzene rings is 3. The summed E-state index contributed by atoms with van der Waals surface area (Å²) in [6.07, 6.45) is 1.87. The quantitative estimate of drug-likeness (QED) is 0.215. The Balaban J connectivity index is 2.02. The van der Waals surface area contributed by atoms with E-state index in [2.05, 4.69) is 0 Å². The second kappa shape index (κ2) is 8.08. The molecule has 0 saturated carbocycles. The maximum atomic E-state index is 13.1. The van der Waals surface area contributed by atoms with Crippen LogP contribution in [0.3, 0.4) is 0 Å². The smallest absolute Gasteiger partial charge is 0.308 e. The Kier molecular flexibility index (Phi) is 5.40. The van der Waals surface area contributed by atoms with Crippen molar-refractivity contribution >= 4 is 23.4 Å². The normalized spacial score (nSPS) is 11.0. The van der Waals surface area contributed by atoms with Crippen LogP contribution < -0.4 is 4.74 Å². The summed E-state index contributed by atoms with van der Waals surface area (Å²) in [4.78, 5) is 24.1. The third-order valence-corrected chi connectivity index (χ3v) is 3.82. The lowest BCUT2D eigenvalue weighted by atomic mass is 9.94. The van der Waals surface area contributed by atoms with Crippen molar-refractivity contribution in [2.75, 3.05) is 0 Å². The van der Waals surface area contributed by atoms with Crippen molar-refractivity contribution in [3.63, 3.8) is 0 Å². The van der Waals surface area contributed by atoms with Crippen molar-refractivity contribution in [2.24, 2.45) is 0 Å². The predicted octanol–water partition coefficient (Wildman–Crippen LogP) is 5.04. The van der Waals surface area contributed by atoms with Crippen molar-refractivity contribution < 1.29 is 14.3 Å². The molecular formula is C23H18O3. The highest BCUT2D eigenvalue weighted by atomic mass is 16.5. The molecular weight excluding hydrogens is 324 g/mol. The molecule has 0 heterocycles. The first-order valence-electron chi connectivity index (χ1n) is 8.29. The SMILES string of the molecule is CC(=O)Oc1ccc(/C(=C/c2ccccc2)C(=O)c2ccccc2)cc1. The summed E-state index contributed by atoms with van der Waals surface area (Å²) in [7, 11) is 0. The third-order valence-electron chi connectivity index (χ3n) is 3.82. The molecule has 0 saturated heterocycles. The molecule has 3 heteroatoms. The molecule has 0 radical (unpaired) electrons. The lowest BCUT2D eigenvalue weighted by Gasteiger charge is -2.09. The number of hydrogen-bond acceptors (Lipinski definition) is 3. The first-order valence-corrected chi connectivity index (χ1v) is 8.29. The van der Waals surface area contributed by atoms with E-state index in [9.17, 15) is 9.59 Å². The van der Waals surface area contributed by atoms with Crippen LogP contribution in [0.2, 0.25) is 0 Å². The van der Waals surface area contributed by atoms with Crippen molar-refractivity contribution in [3.05, 3.63) is 102 Å². The molecule has 3 aromatic carbocycles. The fourth-order valence-electron chi connectivity index (χ4n) is 2.61. The molecule has 0 fully saturated rings. The summed E-state index contributed by atoms with van der Waals surface area (Å²) in [5.41, 5.74) is 2.91. The average molecular weight is 342 g/mol. The van der Waals surface area contributed by atoms with E-state index >= 15 is 0 Å². The minimum Gasteiger partial charge on any atom is -0.427 e. The molecule has 0 aromatic heterocycles. The van der Waals surface area contributed by atoms with Crippen molar-refractivity contribution in [1.29, 1.82) is 0 Å². The number of allylic oxidation sites excluding steroid dienone is 1. The van der Waals surface area contributed by atoms with E-state index in [0.717, 1.165) is 11.1 Å². The number of esters is 1. The van der Waals surface area contributed by atoms with Crippen LogP contribution in [-0.2, 0) is 4.79 Å². The van der Waals surface area contributed by atoms with Crippen LogP contribution in [0.5, 0.6) is 5.75 Å². The zero-order valence-electron chi connectivity index (χ0n) is 14.4. The van der Waals surface area contributed by atoms with Gasteiger partial charge in [-0.25, -0.2) is 0 Å². The molecule has 26 heavy (non-hydrogen) atoms. The van der Waals surface area contributed by atoms with Gasteiger partial charge in [-0.1, -0.05) is 72.8 Å². The van der Waals surface area contributed by atoms with Crippen LogP contribution >= 0.6 is 0 Å². The van der Waals surface area contributed by atoms with E-state index in [-0.39, 0.29) is 11.8 Å². The van der Waals surface area contributed by atoms with E-state index in [4.69, 9.17) is 4.74 Å². The van der Waals surface area contributed by atoms with Crippen molar-refractivity contribution in [2.45, 2.75) is 6.92 Å². The van der Waals surface area contributed by atoms with E-state index in [1.807, 2.05) is 54.6 Å². The van der Waals surface area contributed by atoms with Gasteiger partial charge in [0.1, 0.15) is 5.75 Å². The lowest BCUT2D eigenvalue weighted by Crippen LogP contribution is -2.04. The van der Waals surface area contributed by atoms with Crippen molar-refractivity contribution in [3.8, 4) is 5.75 Å². The largest absolute Gasteiger partial charge is 0.427 e. The highest BCUT2D eigenvalue weighted by Gasteiger charge is 2.14. The van der Waals surface area contributed by atoms with Gasteiger partial charge in [0, 0.05) is 18.1 Å². The maximum Gasteiger partial charge on any atom is 0.308 e. The monoisotopic (exact) mass is 342 g/mol. The Morgan fingerprint density at radius 2 is 1.31 bits per heavy atom. The lowest BCUT2D eigenvalue weighted by molar-refractivity contribution is -0.131. The van der Waals surface area contributed by atoms with Gasteiger partial charge in [-0.15, -0.1) is 0 Å². The fraction of sp³-hybridized carbons (Fsp3) is 0.0435. The molecule has 0 amide bonds. The van der Waals surface area contributed by atoms with Crippen LogP contribution in [0.4, 0.5) is 0 Å². The van der Waals surface area contributed by atoms with Gasteiger partial charge in [-0.3, -0.25) is 9.59 Å². The summed E-state index contributed by atoms with van der Waals surface area (Å²) >= 11 is 0. The second-order valence-corrected chi connectivity index (χ2v) is 5.78. The summed E-state index contributed by atoms with van der Waals surface area (Å²) in [6, 6.07) is 25.8. The first kappa shape index (κ1) is 17.4. The van der Waals surface area contributed by atoms with Crippen LogP contribution in [0.15, 0.2) is 84.9 Å². The van der Waals surface area contributed by atoms with Gasteiger partial charge in [-0.2, -0.15) is 0 Å². The second-order valence-electron chi connectivity index (χ2n) is 5.78. The Hall–Kier alpha value is -3.46. The minimum atomic E-state index is -0.377. The Bertz CT molecular complexity index is 924. The number of rotatable bonds is 5. The molecule has 0 N–H and O–H groups in total. The number of carbonyl (C=O) groups excluding carboxylic acids is 2. The molecule has 0 aliphatic heterocycles. The number of Topliss-reactive ketones (excluding diaryl/α,β-unsaturated/α-hetero) is 1. The van der Waals surface area contributed by atoms with Gasteiger partial charge < -0.3 is 4.74 Å². The standard InChI is InChI=1S/C23H18O3/c1-17(24)26-21-14-12-19(13-15-21)22(16-18-8-4-2-5-9-18)23(25)20-10-6-3-7-11-20/h2-16H,1H3/b22-16-.